The van der Waals surface area contributed by atoms with Gasteiger partial charge >= 0.3 is 0 Å². The van der Waals surface area contributed by atoms with Crippen LogP contribution in [0.1, 0.15) is 5.56 Å². The van der Waals surface area contributed by atoms with Crippen LogP contribution in [0.4, 0.5) is 5.69 Å². The third-order valence-electron chi connectivity index (χ3n) is 5.79. The van der Waals surface area contributed by atoms with Gasteiger partial charge in [0.15, 0.2) is 11.5 Å². The SMILES string of the molecule is O=C(Cn1c2ccccc2c2nn3c(-c4ccccc4)nnc3nc21)NN=Cc1ccc([N+](=O)[O-])cc1. The first-order valence-corrected chi connectivity index (χ1v) is 11.2. The number of hydrogen-bond donors (Lipinski definition) is 1. The number of carbonyl (C=O) groups excluding carboxylic acids is 1. The van der Waals surface area contributed by atoms with Crippen molar-refractivity contribution in [2.75, 3.05) is 0 Å². The lowest BCUT2D eigenvalue weighted by molar-refractivity contribution is -0.384. The molecule has 1 amide bonds. The maximum atomic E-state index is 12.8. The average Bonchev–Trinajstić information content (AvgIpc) is 3.47. The molecule has 0 aliphatic rings. The number of benzene rings is 3. The largest absolute Gasteiger partial charge is 0.314 e. The molecule has 0 atom stereocenters. The van der Waals surface area contributed by atoms with Crippen molar-refractivity contribution in [2.24, 2.45) is 5.10 Å². The quantitative estimate of drug-likeness (QED) is 0.214. The van der Waals surface area contributed by atoms with Gasteiger partial charge in [0.25, 0.3) is 17.4 Å². The molecule has 0 saturated carbocycles. The summed E-state index contributed by atoms with van der Waals surface area (Å²) < 4.78 is 3.36. The number of fused-ring (bicyclic) bond motifs is 4. The second kappa shape index (κ2) is 8.92. The highest BCUT2D eigenvalue weighted by Crippen LogP contribution is 2.27. The van der Waals surface area contributed by atoms with E-state index in [1.807, 2.05) is 54.6 Å². The molecule has 6 rings (SSSR count). The number of nitrogens with one attached hydrogen (secondary N) is 1. The molecule has 1 N–H and O–H groups in total. The smallest absolute Gasteiger partial charge is 0.274 e. The summed E-state index contributed by atoms with van der Waals surface area (Å²) in [6, 6.07) is 23.0. The fourth-order valence-corrected chi connectivity index (χ4v) is 4.08. The van der Waals surface area contributed by atoms with Crippen molar-refractivity contribution in [3.05, 3.63) is 94.5 Å². The Balaban J connectivity index is 1.32. The van der Waals surface area contributed by atoms with Gasteiger partial charge in [-0.25, -0.2) is 5.43 Å². The number of nitro groups is 1. The van der Waals surface area contributed by atoms with Gasteiger partial charge in [-0.15, -0.1) is 10.2 Å². The van der Waals surface area contributed by atoms with Crippen LogP contribution in [-0.2, 0) is 11.3 Å². The Labute approximate surface area is 208 Å². The van der Waals surface area contributed by atoms with Crippen molar-refractivity contribution < 1.29 is 9.72 Å². The molecule has 0 aliphatic heterocycles. The van der Waals surface area contributed by atoms with E-state index in [0.29, 0.717) is 28.3 Å². The summed E-state index contributed by atoms with van der Waals surface area (Å²) in [5.41, 5.74) is 5.83. The van der Waals surface area contributed by atoms with Crippen molar-refractivity contribution in [3.63, 3.8) is 0 Å². The molecule has 12 heteroatoms. The topological polar surface area (TPSA) is 146 Å². The van der Waals surface area contributed by atoms with E-state index in [4.69, 9.17) is 5.10 Å². The van der Waals surface area contributed by atoms with Gasteiger partial charge in [-0.05, 0) is 23.8 Å². The molecule has 3 aromatic heterocycles. The van der Waals surface area contributed by atoms with Crippen LogP contribution < -0.4 is 5.43 Å². The number of carbonyl (C=O) groups is 1. The summed E-state index contributed by atoms with van der Waals surface area (Å²) in [5.74, 6) is 0.501. The molecule has 37 heavy (non-hydrogen) atoms. The molecule has 12 nitrogen and oxygen atoms in total. The van der Waals surface area contributed by atoms with Crippen LogP contribution in [-0.4, -0.2) is 46.4 Å². The highest BCUT2D eigenvalue weighted by molar-refractivity contribution is 6.05. The molecule has 0 fully saturated rings. The van der Waals surface area contributed by atoms with Gasteiger partial charge in [-0.2, -0.15) is 19.7 Å². The fourth-order valence-electron chi connectivity index (χ4n) is 4.08. The Kier molecular flexibility index (Phi) is 5.30. The van der Waals surface area contributed by atoms with Crippen LogP contribution in [0.15, 0.2) is 84.0 Å². The number of rotatable bonds is 6. The van der Waals surface area contributed by atoms with E-state index in [2.05, 4.69) is 25.7 Å². The minimum absolute atomic E-state index is 0.0219. The maximum Gasteiger partial charge on any atom is 0.274 e. The van der Waals surface area contributed by atoms with Crippen molar-refractivity contribution in [1.82, 2.24) is 34.8 Å². The number of nitro benzene ring substituents is 1. The van der Waals surface area contributed by atoms with Crippen molar-refractivity contribution in [2.45, 2.75) is 6.54 Å². The average molecular weight is 491 g/mol. The van der Waals surface area contributed by atoms with Crippen molar-refractivity contribution in [1.29, 1.82) is 0 Å². The van der Waals surface area contributed by atoms with Gasteiger partial charge in [0, 0.05) is 23.1 Å². The molecule has 0 unspecified atom stereocenters. The van der Waals surface area contributed by atoms with Crippen LogP contribution in [0.2, 0.25) is 0 Å². The minimum Gasteiger partial charge on any atom is -0.314 e. The van der Waals surface area contributed by atoms with Crippen LogP contribution in [0, 0.1) is 10.1 Å². The lowest BCUT2D eigenvalue weighted by Gasteiger charge is -2.05. The van der Waals surface area contributed by atoms with Gasteiger partial charge in [-0.3, -0.25) is 14.9 Å². The van der Waals surface area contributed by atoms with E-state index in [1.165, 1.54) is 18.3 Å². The summed E-state index contributed by atoms with van der Waals surface area (Å²) in [6.07, 6.45) is 1.41. The number of amides is 1. The van der Waals surface area contributed by atoms with Crippen LogP contribution >= 0.6 is 0 Å². The van der Waals surface area contributed by atoms with Crippen molar-refractivity contribution >= 4 is 45.7 Å². The van der Waals surface area contributed by atoms with Crippen LogP contribution in [0.3, 0.4) is 0 Å². The number of nitrogens with zero attached hydrogens (tertiary/aromatic N) is 8. The number of aromatic nitrogens is 6. The Morgan fingerprint density at radius 2 is 1.76 bits per heavy atom. The number of non-ortho nitro benzene ring substituents is 1. The highest BCUT2D eigenvalue weighted by atomic mass is 16.6. The molecule has 3 heterocycles. The Morgan fingerprint density at radius 1 is 1.00 bits per heavy atom. The molecule has 0 spiro atoms. The lowest BCUT2D eigenvalue weighted by Crippen LogP contribution is -2.23. The normalized spacial score (nSPS) is 11.6. The summed E-state index contributed by atoms with van der Waals surface area (Å²) in [7, 11) is 0. The predicted molar refractivity (Wildman–Crippen MR) is 136 cm³/mol. The summed E-state index contributed by atoms with van der Waals surface area (Å²) in [5, 5.41) is 28.8. The molecular formula is C25H17N9O3. The number of hydrazone groups is 1. The first kappa shape index (κ1) is 22.0. The van der Waals surface area contributed by atoms with E-state index in [9.17, 15) is 14.9 Å². The summed E-state index contributed by atoms with van der Waals surface area (Å²) in [6.45, 7) is -0.0633. The molecule has 0 aliphatic carbocycles. The second-order valence-electron chi connectivity index (χ2n) is 8.13. The van der Waals surface area contributed by atoms with E-state index in [1.54, 1.807) is 21.2 Å². The zero-order valence-electron chi connectivity index (χ0n) is 19.1. The third-order valence-corrected chi connectivity index (χ3v) is 5.79. The number of para-hydroxylation sites is 1. The Bertz CT molecular complexity index is 1820. The minimum atomic E-state index is -0.479. The standard InChI is InChI=1S/C25H17N9O3/c35-21(28-26-14-16-10-12-18(13-11-16)34(36)37)15-32-20-9-5-4-8-19(20)22-24(32)27-25-30-29-23(33(25)31-22)17-6-2-1-3-7-17/h1-14H,15H2,(H,28,35). The summed E-state index contributed by atoms with van der Waals surface area (Å²) >= 11 is 0. The van der Waals surface area contributed by atoms with Gasteiger partial charge in [0.2, 0.25) is 0 Å². The fraction of sp³-hybridized carbons (Fsp3) is 0.0400. The first-order valence-electron chi connectivity index (χ1n) is 11.2. The lowest BCUT2D eigenvalue weighted by atomic mass is 10.2. The van der Waals surface area contributed by atoms with Gasteiger partial charge in [0.05, 0.1) is 16.7 Å². The molecule has 3 aromatic carbocycles. The zero-order valence-corrected chi connectivity index (χ0v) is 19.1. The van der Waals surface area contributed by atoms with Crippen LogP contribution in [0.25, 0.3) is 39.2 Å². The Hall–Kier alpha value is -5.52. The zero-order chi connectivity index (χ0) is 25.4. The predicted octanol–water partition coefficient (Wildman–Crippen LogP) is 3.35. The van der Waals surface area contributed by atoms with E-state index < -0.39 is 4.92 Å². The molecule has 0 bridgehead atoms. The first-order chi connectivity index (χ1) is 18.1. The van der Waals surface area contributed by atoms with Crippen LogP contribution in [0.5, 0.6) is 0 Å². The molecule has 0 radical (unpaired) electrons. The highest BCUT2D eigenvalue weighted by Gasteiger charge is 2.19. The van der Waals surface area contributed by atoms with E-state index in [-0.39, 0.29) is 18.1 Å². The molecule has 6 aromatic rings. The Morgan fingerprint density at radius 3 is 2.54 bits per heavy atom. The molecule has 180 valence electrons. The number of hydrogen-bond acceptors (Lipinski definition) is 8. The molecule has 0 saturated heterocycles. The molecular weight excluding hydrogens is 474 g/mol. The maximum absolute atomic E-state index is 12.8. The van der Waals surface area contributed by atoms with Gasteiger partial charge in [0.1, 0.15) is 12.1 Å². The monoisotopic (exact) mass is 491 g/mol. The third kappa shape index (κ3) is 4.01. The van der Waals surface area contributed by atoms with Crippen molar-refractivity contribution in [3.8, 4) is 11.4 Å². The van der Waals surface area contributed by atoms with E-state index >= 15 is 0 Å². The van der Waals surface area contributed by atoms with Gasteiger partial charge < -0.3 is 4.57 Å². The van der Waals surface area contributed by atoms with Gasteiger partial charge in [-0.1, -0.05) is 48.5 Å². The second-order valence-corrected chi connectivity index (χ2v) is 8.13. The van der Waals surface area contributed by atoms with E-state index in [0.717, 1.165) is 16.5 Å². The summed E-state index contributed by atoms with van der Waals surface area (Å²) in [4.78, 5) is 27.8.